The van der Waals surface area contributed by atoms with Crippen LogP contribution in [-0.4, -0.2) is 43.2 Å². The summed E-state index contributed by atoms with van der Waals surface area (Å²) in [4.78, 5) is 2.13. The summed E-state index contributed by atoms with van der Waals surface area (Å²) in [5, 5.41) is 0.953. The van der Waals surface area contributed by atoms with E-state index in [2.05, 4.69) is 4.90 Å². The van der Waals surface area contributed by atoms with Gasteiger partial charge in [-0.1, -0.05) is 0 Å². The van der Waals surface area contributed by atoms with E-state index in [9.17, 15) is 4.48 Å². The zero-order chi connectivity index (χ0) is 8.43. The van der Waals surface area contributed by atoms with E-state index in [1.54, 1.807) is 0 Å². The van der Waals surface area contributed by atoms with E-state index in [1.807, 2.05) is 21.0 Å². The quantitative estimate of drug-likeness (QED) is 0.559. The first-order valence-electron chi connectivity index (χ1n) is 4.18. The van der Waals surface area contributed by atoms with Gasteiger partial charge in [0.1, 0.15) is 0 Å². The van der Waals surface area contributed by atoms with Crippen molar-refractivity contribution in [3.05, 3.63) is 0 Å². The summed E-state index contributed by atoms with van der Waals surface area (Å²) in [6, 6.07) is 0.109. The van der Waals surface area contributed by atoms with Gasteiger partial charge in [-0.25, -0.2) is 0 Å². The highest BCUT2D eigenvalue weighted by atomic mass is 19.2. The van der Waals surface area contributed by atoms with Crippen LogP contribution in [0.15, 0.2) is 0 Å². The van der Waals surface area contributed by atoms with Gasteiger partial charge in [-0.15, -0.1) is 9.60 Å². The molecular formula is C8H17FN2. The zero-order valence-corrected chi connectivity index (χ0v) is 7.55. The molecule has 66 valence electrons. The molecule has 2 unspecified atom stereocenters. The van der Waals surface area contributed by atoms with Gasteiger partial charge in [0.25, 0.3) is 0 Å². The van der Waals surface area contributed by atoms with Gasteiger partial charge in [-0.3, -0.25) is 0 Å². The SMILES string of the molecule is CC1C(CN(C)C)CCN1F. The van der Waals surface area contributed by atoms with E-state index in [-0.39, 0.29) is 6.04 Å². The molecule has 11 heavy (non-hydrogen) atoms. The van der Waals surface area contributed by atoms with Gasteiger partial charge >= 0.3 is 0 Å². The molecule has 0 aromatic rings. The lowest BCUT2D eigenvalue weighted by Crippen LogP contribution is -2.29. The third-order valence-corrected chi connectivity index (χ3v) is 2.44. The highest BCUT2D eigenvalue weighted by molar-refractivity contribution is 4.80. The molecule has 1 rings (SSSR count). The molecule has 0 radical (unpaired) electrons. The molecule has 1 saturated heterocycles. The third-order valence-electron chi connectivity index (χ3n) is 2.44. The Bertz CT molecular complexity index is 127. The normalized spacial score (nSPS) is 33.5. The summed E-state index contributed by atoms with van der Waals surface area (Å²) in [5.41, 5.74) is 0. The average molecular weight is 160 g/mol. The van der Waals surface area contributed by atoms with E-state index < -0.39 is 0 Å². The minimum absolute atomic E-state index is 0.109. The van der Waals surface area contributed by atoms with Gasteiger partial charge in [-0.05, 0) is 33.4 Å². The smallest absolute Gasteiger partial charge is 0.0415 e. The van der Waals surface area contributed by atoms with E-state index in [1.165, 1.54) is 0 Å². The summed E-state index contributed by atoms with van der Waals surface area (Å²) in [6.07, 6.45) is 0.996. The van der Waals surface area contributed by atoms with Crippen LogP contribution in [0.1, 0.15) is 13.3 Å². The van der Waals surface area contributed by atoms with Crippen molar-refractivity contribution in [2.24, 2.45) is 5.92 Å². The van der Waals surface area contributed by atoms with Crippen LogP contribution in [0.5, 0.6) is 0 Å². The fourth-order valence-corrected chi connectivity index (χ4v) is 1.68. The predicted molar refractivity (Wildman–Crippen MR) is 43.9 cm³/mol. The first-order chi connectivity index (χ1) is 5.11. The number of halogens is 1. The van der Waals surface area contributed by atoms with Crippen LogP contribution in [0.25, 0.3) is 0 Å². The van der Waals surface area contributed by atoms with E-state index in [0.717, 1.165) is 18.1 Å². The predicted octanol–water partition coefficient (Wildman–Crippen LogP) is 1.14. The number of rotatable bonds is 2. The molecule has 2 nitrogen and oxygen atoms in total. The van der Waals surface area contributed by atoms with Crippen molar-refractivity contribution >= 4 is 0 Å². The van der Waals surface area contributed by atoms with Crippen LogP contribution in [0.3, 0.4) is 0 Å². The van der Waals surface area contributed by atoms with Gasteiger partial charge in [0.2, 0.25) is 0 Å². The van der Waals surface area contributed by atoms with E-state index in [0.29, 0.717) is 12.5 Å². The second-order valence-corrected chi connectivity index (χ2v) is 3.67. The lowest BCUT2D eigenvalue weighted by molar-refractivity contribution is 0.00720. The van der Waals surface area contributed by atoms with Gasteiger partial charge in [-0.2, -0.15) is 0 Å². The Morgan fingerprint density at radius 1 is 1.55 bits per heavy atom. The van der Waals surface area contributed by atoms with Crippen molar-refractivity contribution in [3.63, 3.8) is 0 Å². The Hall–Kier alpha value is -0.150. The molecule has 1 aliphatic rings. The molecule has 2 atom stereocenters. The molecule has 0 N–H and O–H groups in total. The summed E-state index contributed by atoms with van der Waals surface area (Å²) in [7, 11) is 4.07. The minimum Gasteiger partial charge on any atom is -0.309 e. The molecule has 0 bridgehead atoms. The first-order valence-corrected chi connectivity index (χ1v) is 4.18. The maximum Gasteiger partial charge on any atom is 0.0415 e. The number of nitrogens with zero attached hydrogens (tertiary/aromatic N) is 2. The lowest BCUT2D eigenvalue weighted by atomic mass is 10.0. The first kappa shape index (κ1) is 8.94. The highest BCUT2D eigenvalue weighted by Gasteiger charge is 2.30. The third kappa shape index (κ3) is 2.14. The van der Waals surface area contributed by atoms with Crippen LogP contribution in [0, 0.1) is 5.92 Å². The van der Waals surface area contributed by atoms with Gasteiger partial charge in [0.15, 0.2) is 0 Å². The summed E-state index contributed by atoms with van der Waals surface area (Å²) >= 11 is 0. The van der Waals surface area contributed by atoms with Crippen LogP contribution in [0.2, 0.25) is 0 Å². The fourth-order valence-electron chi connectivity index (χ4n) is 1.68. The van der Waals surface area contributed by atoms with E-state index >= 15 is 0 Å². The lowest BCUT2D eigenvalue weighted by Gasteiger charge is -2.20. The maximum absolute atomic E-state index is 12.8. The number of hydrogen-bond acceptors (Lipinski definition) is 2. The van der Waals surface area contributed by atoms with Crippen molar-refractivity contribution in [2.75, 3.05) is 27.2 Å². The Morgan fingerprint density at radius 2 is 2.18 bits per heavy atom. The second-order valence-electron chi connectivity index (χ2n) is 3.67. The van der Waals surface area contributed by atoms with Gasteiger partial charge in [0, 0.05) is 19.1 Å². The Morgan fingerprint density at radius 3 is 2.55 bits per heavy atom. The second kappa shape index (κ2) is 3.50. The largest absolute Gasteiger partial charge is 0.309 e. The van der Waals surface area contributed by atoms with Crippen LogP contribution in [0.4, 0.5) is 4.48 Å². The molecule has 1 aliphatic heterocycles. The molecule has 0 aromatic carbocycles. The molecule has 0 amide bonds. The van der Waals surface area contributed by atoms with Crippen molar-refractivity contribution in [1.82, 2.24) is 10.0 Å². The minimum atomic E-state index is 0.109. The Kier molecular flexibility index (Phi) is 2.84. The molecular weight excluding hydrogens is 143 g/mol. The average Bonchev–Trinajstić information content (AvgIpc) is 2.18. The molecule has 1 fully saturated rings. The zero-order valence-electron chi connectivity index (χ0n) is 7.55. The van der Waals surface area contributed by atoms with Gasteiger partial charge in [0.05, 0.1) is 0 Å². The van der Waals surface area contributed by atoms with Crippen LogP contribution < -0.4 is 0 Å². The van der Waals surface area contributed by atoms with Crippen molar-refractivity contribution < 1.29 is 4.48 Å². The van der Waals surface area contributed by atoms with Crippen LogP contribution >= 0.6 is 0 Å². The molecule has 0 spiro atoms. The maximum atomic E-state index is 12.8. The molecule has 1 heterocycles. The molecule has 0 saturated carbocycles. The summed E-state index contributed by atoms with van der Waals surface area (Å²) in [6.45, 7) is 3.57. The Labute approximate surface area is 67.9 Å². The number of hydrogen-bond donors (Lipinski definition) is 0. The van der Waals surface area contributed by atoms with Crippen LogP contribution in [-0.2, 0) is 0 Å². The van der Waals surface area contributed by atoms with Gasteiger partial charge < -0.3 is 4.90 Å². The van der Waals surface area contributed by atoms with Crippen molar-refractivity contribution in [1.29, 1.82) is 0 Å². The van der Waals surface area contributed by atoms with E-state index in [4.69, 9.17) is 0 Å². The topological polar surface area (TPSA) is 6.48 Å². The summed E-state index contributed by atoms with van der Waals surface area (Å²) < 4.78 is 12.8. The molecule has 0 aromatic heterocycles. The monoisotopic (exact) mass is 160 g/mol. The molecule has 0 aliphatic carbocycles. The highest BCUT2D eigenvalue weighted by Crippen LogP contribution is 2.24. The molecule has 3 heteroatoms. The van der Waals surface area contributed by atoms with Crippen molar-refractivity contribution in [2.45, 2.75) is 19.4 Å². The fraction of sp³-hybridized carbons (Fsp3) is 1.00. The summed E-state index contributed by atoms with van der Waals surface area (Å²) in [5.74, 6) is 0.509. The van der Waals surface area contributed by atoms with Crippen molar-refractivity contribution in [3.8, 4) is 0 Å². The Balaban J connectivity index is 2.36. The standard InChI is InChI=1S/C8H17FN2/c1-7-8(6-10(2)3)4-5-11(7)9/h7-8H,4-6H2,1-3H3.